The van der Waals surface area contributed by atoms with Crippen LogP contribution in [-0.4, -0.2) is 30.7 Å². The molecule has 3 heterocycles. The van der Waals surface area contributed by atoms with Gasteiger partial charge in [0.15, 0.2) is 11.7 Å². The number of hydrogen-bond acceptors (Lipinski definition) is 5. The van der Waals surface area contributed by atoms with Gasteiger partial charge in [0.25, 0.3) is 14.2 Å². The lowest BCUT2D eigenvalue weighted by molar-refractivity contribution is -0.120. The SMILES string of the molecule is CC(C)(C)[Si](C)(C)Oc1cccc(C2=CN3C(=O)/C(=C/c4ccco4)N=C3C(Cc3c(F)cccc3F)=N2)c1F. The normalized spacial score (nSPS) is 16.6. The molecule has 3 aromatic rings. The molecule has 1 amide bonds. The van der Waals surface area contributed by atoms with Crippen molar-refractivity contribution in [3.05, 3.63) is 101 Å². The van der Waals surface area contributed by atoms with E-state index in [2.05, 4.69) is 30.8 Å². The van der Waals surface area contributed by atoms with Gasteiger partial charge in [-0.15, -0.1) is 0 Å². The number of amides is 1. The average molecular weight is 564 g/mol. The van der Waals surface area contributed by atoms with Gasteiger partial charge in [-0.3, -0.25) is 9.69 Å². The summed E-state index contributed by atoms with van der Waals surface area (Å²) in [5.74, 6) is -2.11. The van der Waals surface area contributed by atoms with Gasteiger partial charge in [0.05, 0.1) is 17.7 Å². The number of nitrogens with zero attached hydrogens (tertiary/aromatic N) is 3. The second-order valence-corrected chi connectivity index (χ2v) is 15.8. The van der Waals surface area contributed by atoms with E-state index in [1.165, 1.54) is 35.6 Å². The van der Waals surface area contributed by atoms with Gasteiger partial charge in [-0.1, -0.05) is 32.9 Å². The van der Waals surface area contributed by atoms with Crippen LogP contribution in [0.2, 0.25) is 18.1 Å². The molecule has 0 fully saturated rings. The van der Waals surface area contributed by atoms with Crippen LogP contribution < -0.4 is 4.43 Å². The number of rotatable bonds is 6. The predicted octanol–water partition coefficient (Wildman–Crippen LogP) is 7.36. The second kappa shape index (κ2) is 10.1. The molecule has 10 heteroatoms. The molecule has 0 saturated heterocycles. The third kappa shape index (κ3) is 5.06. The van der Waals surface area contributed by atoms with Crippen molar-refractivity contribution in [2.24, 2.45) is 9.98 Å². The van der Waals surface area contributed by atoms with Gasteiger partial charge in [-0.25, -0.2) is 23.2 Å². The summed E-state index contributed by atoms with van der Waals surface area (Å²) in [4.78, 5) is 23.6. The molecule has 5 rings (SSSR count). The van der Waals surface area contributed by atoms with Crippen LogP contribution in [-0.2, 0) is 11.2 Å². The Kier molecular flexibility index (Phi) is 6.91. The fourth-order valence-electron chi connectivity index (χ4n) is 4.04. The van der Waals surface area contributed by atoms with Gasteiger partial charge < -0.3 is 8.84 Å². The van der Waals surface area contributed by atoms with E-state index in [-0.39, 0.29) is 51.3 Å². The van der Waals surface area contributed by atoms with E-state index in [4.69, 9.17) is 8.84 Å². The summed E-state index contributed by atoms with van der Waals surface area (Å²) in [6.45, 7) is 10.2. The third-order valence-corrected chi connectivity index (χ3v) is 11.6. The van der Waals surface area contributed by atoms with E-state index in [0.29, 0.717) is 5.76 Å². The summed E-state index contributed by atoms with van der Waals surface area (Å²) in [6, 6.07) is 11.6. The topological polar surface area (TPSA) is 67.4 Å². The monoisotopic (exact) mass is 563 g/mol. The van der Waals surface area contributed by atoms with Gasteiger partial charge in [0.1, 0.15) is 28.8 Å². The highest BCUT2D eigenvalue weighted by atomic mass is 28.4. The van der Waals surface area contributed by atoms with E-state index >= 15 is 4.39 Å². The van der Waals surface area contributed by atoms with Crippen LogP contribution in [0.4, 0.5) is 13.2 Å². The maximum atomic E-state index is 15.9. The number of fused-ring (bicyclic) bond motifs is 1. The van der Waals surface area contributed by atoms with E-state index in [0.717, 1.165) is 12.1 Å². The van der Waals surface area contributed by atoms with Crippen molar-refractivity contribution >= 4 is 37.5 Å². The van der Waals surface area contributed by atoms with Gasteiger partial charge >= 0.3 is 0 Å². The molecule has 0 radical (unpaired) electrons. The Hall–Kier alpha value is -4.18. The molecule has 0 saturated carbocycles. The largest absolute Gasteiger partial charge is 0.542 e. The Bertz CT molecular complexity index is 1600. The van der Waals surface area contributed by atoms with E-state index in [9.17, 15) is 13.6 Å². The number of aliphatic imine (C=N–C) groups is 2. The van der Waals surface area contributed by atoms with Crippen LogP contribution in [0.3, 0.4) is 0 Å². The zero-order valence-corrected chi connectivity index (χ0v) is 23.8. The second-order valence-electron chi connectivity index (χ2n) is 11.1. The standard InChI is InChI=1S/C30H28F3N3O3Si/c1-30(2,3)40(4,5)39-26-13-6-10-19(27(26)33)25-17-36-28(35-24(29(36)37)15-18-9-8-14-38-18)23(34-25)16-20-21(31)11-7-12-22(20)32/h6-15,17H,16H2,1-5H3/b24-15-. The molecule has 0 spiro atoms. The Morgan fingerprint density at radius 3 is 2.35 bits per heavy atom. The smallest absolute Gasteiger partial charge is 0.282 e. The summed E-state index contributed by atoms with van der Waals surface area (Å²) in [7, 11) is -2.38. The molecule has 40 heavy (non-hydrogen) atoms. The lowest BCUT2D eigenvalue weighted by atomic mass is 10.0. The third-order valence-electron chi connectivity index (χ3n) is 7.30. The summed E-state index contributed by atoms with van der Waals surface area (Å²) >= 11 is 0. The molecular formula is C30H28F3N3O3Si. The van der Waals surface area contributed by atoms with Crippen molar-refractivity contribution in [3.63, 3.8) is 0 Å². The summed E-state index contributed by atoms with van der Waals surface area (Å²) in [5, 5.41) is -0.168. The van der Waals surface area contributed by atoms with Gasteiger partial charge in [-0.2, -0.15) is 0 Å². The number of benzene rings is 2. The minimum Gasteiger partial charge on any atom is -0.542 e. The highest BCUT2D eigenvalue weighted by Gasteiger charge is 2.40. The molecule has 2 aliphatic rings. The Morgan fingerprint density at radius 2 is 1.70 bits per heavy atom. The molecule has 0 aliphatic carbocycles. The van der Waals surface area contributed by atoms with Crippen LogP contribution in [0, 0.1) is 17.5 Å². The number of carbonyl (C=O) groups excluding carboxylic acids is 1. The minimum absolute atomic E-state index is 0.0413. The quantitative estimate of drug-likeness (QED) is 0.233. The predicted molar refractivity (Wildman–Crippen MR) is 151 cm³/mol. The Morgan fingerprint density at radius 1 is 1.00 bits per heavy atom. The highest BCUT2D eigenvalue weighted by molar-refractivity contribution is 6.74. The van der Waals surface area contributed by atoms with Crippen molar-refractivity contribution in [1.82, 2.24) is 4.90 Å². The number of furan rings is 1. The zero-order chi connectivity index (χ0) is 28.8. The summed E-state index contributed by atoms with van der Waals surface area (Å²) < 4.78 is 56.7. The van der Waals surface area contributed by atoms with Gasteiger partial charge in [0, 0.05) is 29.8 Å². The van der Waals surface area contributed by atoms with Gasteiger partial charge in [-0.05, 0) is 54.5 Å². The number of hydrogen-bond donors (Lipinski definition) is 0. The Labute approximate surface area is 231 Å². The first-order chi connectivity index (χ1) is 18.9. The maximum Gasteiger partial charge on any atom is 0.282 e. The lowest BCUT2D eigenvalue weighted by Crippen LogP contribution is -2.44. The van der Waals surface area contributed by atoms with Gasteiger partial charge in [0.2, 0.25) is 0 Å². The average Bonchev–Trinajstić information content (AvgIpc) is 3.50. The van der Waals surface area contributed by atoms with E-state index in [1.54, 1.807) is 24.3 Å². The van der Waals surface area contributed by atoms with Crippen LogP contribution >= 0.6 is 0 Å². The van der Waals surface area contributed by atoms with Crippen molar-refractivity contribution in [2.45, 2.75) is 45.3 Å². The van der Waals surface area contributed by atoms with Crippen molar-refractivity contribution in [1.29, 1.82) is 0 Å². The number of halogens is 3. The van der Waals surface area contributed by atoms with Crippen molar-refractivity contribution < 1.29 is 26.8 Å². The molecule has 1 aromatic heterocycles. The first-order valence-electron chi connectivity index (χ1n) is 12.7. The maximum absolute atomic E-state index is 15.9. The molecule has 6 nitrogen and oxygen atoms in total. The number of amidine groups is 1. The first-order valence-corrected chi connectivity index (χ1v) is 15.6. The van der Waals surface area contributed by atoms with E-state index in [1.807, 2.05) is 13.1 Å². The first kappa shape index (κ1) is 27.4. The Balaban J connectivity index is 1.60. The van der Waals surface area contributed by atoms with Crippen LogP contribution in [0.1, 0.15) is 37.7 Å². The fourth-order valence-corrected chi connectivity index (χ4v) is 5.05. The minimum atomic E-state index is -2.38. The molecule has 2 aromatic carbocycles. The van der Waals surface area contributed by atoms with Crippen LogP contribution in [0.5, 0.6) is 5.75 Å². The molecule has 0 bridgehead atoms. The number of carbonyl (C=O) groups is 1. The fraction of sp³-hybridized carbons (Fsp3) is 0.233. The molecule has 0 unspecified atom stereocenters. The molecular weight excluding hydrogens is 535 g/mol. The van der Waals surface area contributed by atoms with E-state index < -0.39 is 31.7 Å². The lowest BCUT2D eigenvalue weighted by Gasteiger charge is -2.36. The molecule has 2 aliphatic heterocycles. The van der Waals surface area contributed by atoms with Crippen LogP contribution in [0.25, 0.3) is 11.8 Å². The van der Waals surface area contributed by atoms with Crippen LogP contribution in [0.15, 0.2) is 81.1 Å². The van der Waals surface area contributed by atoms with Crippen molar-refractivity contribution in [3.8, 4) is 5.75 Å². The highest BCUT2D eigenvalue weighted by Crippen LogP contribution is 2.39. The summed E-state index contributed by atoms with van der Waals surface area (Å²) in [6.07, 6.45) is 3.98. The molecule has 0 N–H and O–H groups in total. The molecule has 206 valence electrons. The summed E-state index contributed by atoms with van der Waals surface area (Å²) in [5.41, 5.74) is 0.0819. The zero-order valence-electron chi connectivity index (χ0n) is 22.8. The molecule has 0 atom stereocenters. The van der Waals surface area contributed by atoms with Crippen molar-refractivity contribution in [2.75, 3.05) is 0 Å².